The topological polar surface area (TPSA) is 78.4 Å². The van der Waals surface area contributed by atoms with Crippen LogP contribution in [0.2, 0.25) is 0 Å². The van der Waals surface area contributed by atoms with Crippen LogP contribution in [0, 0.1) is 5.92 Å². The minimum absolute atomic E-state index is 0.372. The SMILES string of the molecule is CSCC[C@@H](NC(=O)NCCC1CCC1)C(=O)O. The van der Waals surface area contributed by atoms with Crippen molar-refractivity contribution < 1.29 is 14.7 Å². The Morgan fingerprint density at radius 1 is 1.44 bits per heavy atom. The largest absolute Gasteiger partial charge is 0.480 e. The van der Waals surface area contributed by atoms with E-state index in [-0.39, 0.29) is 6.03 Å². The van der Waals surface area contributed by atoms with Crippen LogP contribution in [0.5, 0.6) is 0 Å². The number of hydrogen-bond acceptors (Lipinski definition) is 3. The van der Waals surface area contributed by atoms with Gasteiger partial charge in [0.05, 0.1) is 0 Å². The highest BCUT2D eigenvalue weighted by Crippen LogP contribution is 2.28. The van der Waals surface area contributed by atoms with E-state index in [1.54, 1.807) is 11.8 Å². The molecule has 3 N–H and O–H groups in total. The second-order valence-corrected chi connectivity index (χ2v) is 5.64. The number of carboxylic acids is 1. The minimum Gasteiger partial charge on any atom is -0.480 e. The van der Waals surface area contributed by atoms with Crippen LogP contribution in [0.4, 0.5) is 4.79 Å². The van der Waals surface area contributed by atoms with E-state index in [1.807, 2.05) is 6.26 Å². The Kier molecular flexibility index (Phi) is 6.93. The lowest BCUT2D eigenvalue weighted by molar-refractivity contribution is -0.139. The highest BCUT2D eigenvalue weighted by atomic mass is 32.2. The van der Waals surface area contributed by atoms with E-state index in [2.05, 4.69) is 10.6 Å². The van der Waals surface area contributed by atoms with E-state index in [1.165, 1.54) is 19.3 Å². The third-order valence-electron chi connectivity index (χ3n) is 3.28. The molecule has 0 unspecified atom stereocenters. The van der Waals surface area contributed by atoms with Crippen LogP contribution in [0.1, 0.15) is 32.1 Å². The molecule has 1 atom stereocenters. The predicted octanol–water partition coefficient (Wildman–Crippen LogP) is 1.68. The molecule has 2 amide bonds. The molecule has 1 aliphatic carbocycles. The summed E-state index contributed by atoms with van der Waals surface area (Å²) in [6, 6.07) is -1.16. The molecule has 1 aliphatic rings. The normalized spacial score (nSPS) is 16.7. The average Bonchev–Trinajstić information content (AvgIpc) is 2.27. The second kappa shape index (κ2) is 8.24. The lowest BCUT2D eigenvalue weighted by atomic mass is 9.83. The van der Waals surface area contributed by atoms with Gasteiger partial charge in [-0.1, -0.05) is 19.3 Å². The second-order valence-electron chi connectivity index (χ2n) is 4.66. The number of nitrogens with one attached hydrogen (secondary N) is 2. The molecule has 0 bridgehead atoms. The maximum absolute atomic E-state index is 11.5. The third-order valence-corrected chi connectivity index (χ3v) is 3.92. The number of carbonyl (C=O) groups is 2. The van der Waals surface area contributed by atoms with E-state index in [9.17, 15) is 9.59 Å². The van der Waals surface area contributed by atoms with Crippen molar-refractivity contribution in [1.29, 1.82) is 0 Å². The van der Waals surface area contributed by atoms with Gasteiger partial charge in [0.25, 0.3) is 0 Å². The fourth-order valence-corrected chi connectivity index (χ4v) is 2.35. The zero-order valence-electron chi connectivity index (χ0n) is 10.8. The average molecular weight is 274 g/mol. The molecule has 1 rings (SSSR count). The Labute approximate surface area is 112 Å². The van der Waals surface area contributed by atoms with Crippen LogP contribution in [0.25, 0.3) is 0 Å². The zero-order valence-corrected chi connectivity index (χ0v) is 11.6. The van der Waals surface area contributed by atoms with Crippen molar-refractivity contribution in [2.24, 2.45) is 5.92 Å². The van der Waals surface area contributed by atoms with Crippen LogP contribution < -0.4 is 10.6 Å². The summed E-state index contributed by atoms with van der Waals surface area (Å²) in [4.78, 5) is 22.4. The molecule has 0 heterocycles. The van der Waals surface area contributed by atoms with Gasteiger partial charge in [-0.3, -0.25) is 0 Å². The first-order valence-electron chi connectivity index (χ1n) is 6.39. The van der Waals surface area contributed by atoms with Crippen LogP contribution in [-0.4, -0.2) is 41.7 Å². The van der Waals surface area contributed by atoms with Gasteiger partial charge in [0.2, 0.25) is 0 Å². The monoisotopic (exact) mass is 274 g/mol. The number of aliphatic carboxylic acids is 1. The maximum atomic E-state index is 11.5. The number of urea groups is 1. The van der Waals surface area contributed by atoms with Gasteiger partial charge >= 0.3 is 12.0 Å². The van der Waals surface area contributed by atoms with Gasteiger partial charge in [-0.25, -0.2) is 9.59 Å². The zero-order chi connectivity index (χ0) is 13.4. The molecule has 0 aromatic rings. The van der Waals surface area contributed by atoms with E-state index in [0.29, 0.717) is 13.0 Å². The lowest BCUT2D eigenvalue weighted by Crippen LogP contribution is -2.46. The fourth-order valence-electron chi connectivity index (χ4n) is 1.87. The van der Waals surface area contributed by atoms with Crippen molar-refractivity contribution in [3.8, 4) is 0 Å². The first-order valence-corrected chi connectivity index (χ1v) is 7.79. The molecule has 6 heteroatoms. The van der Waals surface area contributed by atoms with Crippen molar-refractivity contribution in [3.05, 3.63) is 0 Å². The predicted molar refractivity (Wildman–Crippen MR) is 72.9 cm³/mol. The Hall–Kier alpha value is -0.910. The van der Waals surface area contributed by atoms with Crippen LogP contribution in [-0.2, 0) is 4.79 Å². The van der Waals surface area contributed by atoms with Crippen molar-refractivity contribution >= 4 is 23.8 Å². The summed E-state index contributed by atoms with van der Waals surface area (Å²) in [6.07, 6.45) is 7.18. The summed E-state index contributed by atoms with van der Waals surface area (Å²) in [5, 5.41) is 14.2. The third kappa shape index (κ3) is 5.62. The molecule has 1 fully saturated rings. The van der Waals surface area contributed by atoms with Gasteiger partial charge in [-0.05, 0) is 30.8 Å². The number of hydrogen-bond donors (Lipinski definition) is 3. The van der Waals surface area contributed by atoms with Crippen LogP contribution in [0.3, 0.4) is 0 Å². The smallest absolute Gasteiger partial charge is 0.326 e. The maximum Gasteiger partial charge on any atom is 0.326 e. The van der Waals surface area contributed by atoms with Gasteiger partial charge in [0.1, 0.15) is 6.04 Å². The van der Waals surface area contributed by atoms with E-state index >= 15 is 0 Å². The highest BCUT2D eigenvalue weighted by Gasteiger charge is 2.20. The number of amides is 2. The summed E-state index contributed by atoms with van der Waals surface area (Å²) >= 11 is 1.57. The van der Waals surface area contributed by atoms with Crippen molar-refractivity contribution in [2.75, 3.05) is 18.6 Å². The molecule has 0 saturated heterocycles. The van der Waals surface area contributed by atoms with Gasteiger partial charge in [0.15, 0.2) is 0 Å². The van der Waals surface area contributed by atoms with Gasteiger partial charge in [-0.15, -0.1) is 0 Å². The number of thioether (sulfide) groups is 1. The summed E-state index contributed by atoms with van der Waals surface area (Å²) in [6.45, 7) is 0.630. The van der Waals surface area contributed by atoms with Crippen LogP contribution in [0.15, 0.2) is 0 Å². The molecule has 5 nitrogen and oxygen atoms in total. The molecule has 0 spiro atoms. The number of carbonyl (C=O) groups excluding carboxylic acids is 1. The van der Waals surface area contributed by atoms with Gasteiger partial charge < -0.3 is 15.7 Å². The van der Waals surface area contributed by atoms with Crippen LogP contribution >= 0.6 is 11.8 Å². The van der Waals surface area contributed by atoms with Crippen molar-refractivity contribution in [3.63, 3.8) is 0 Å². The molecular formula is C12H22N2O3S. The first kappa shape index (κ1) is 15.1. The fraction of sp³-hybridized carbons (Fsp3) is 0.833. The summed E-state index contributed by atoms with van der Waals surface area (Å²) in [5.74, 6) is 0.495. The molecule has 1 saturated carbocycles. The summed E-state index contributed by atoms with van der Waals surface area (Å²) in [7, 11) is 0. The highest BCUT2D eigenvalue weighted by molar-refractivity contribution is 7.98. The Morgan fingerprint density at radius 3 is 2.67 bits per heavy atom. The summed E-state index contributed by atoms with van der Waals surface area (Å²) < 4.78 is 0. The minimum atomic E-state index is -0.974. The Balaban J connectivity index is 2.16. The summed E-state index contributed by atoms with van der Waals surface area (Å²) in [5.41, 5.74) is 0. The quantitative estimate of drug-likeness (QED) is 0.629. The van der Waals surface area contributed by atoms with Gasteiger partial charge in [-0.2, -0.15) is 11.8 Å². The molecule has 0 aromatic heterocycles. The molecule has 0 aliphatic heterocycles. The Morgan fingerprint density at radius 2 is 2.17 bits per heavy atom. The molecule has 104 valence electrons. The number of rotatable bonds is 8. The first-order chi connectivity index (χ1) is 8.63. The molecule has 0 aromatic carbocycles. The standard InChI is InChI=1S/C12H22N2O3S/c1-18-8-6-10(11(15)16)14-12(17)13-7-5-9-3-2-4-9/h9-10H,2-8H2,1H3,(H,15,16)(H2,13,14,17)/t10-/m1/s1. The van der Waals surface area contributed by atoms with E-state index in [0.717, 1.165) is 18.1 Å². The Bertz CT molecular complexity index is 282. The van der Waals surface area contributed by atoms with E-state index in [4.69, 9.17) is 5.11 Å². The van der Waals surface area contributed by atoms with E-state index < -0.39 is 12.0 Å². The molecular weight excluding hydrogens is 252 g/mol. The van der Waals surface area contributed by atoms with Crippen molar-refractivity contribution in [2.45, 2.75) is 38.1 Å². The molecule has 0 radical (unpaired) electrons. The van der Waals surface area contributed by atoms with Gasteiger partial charge in [0, 0.05) is 6.54 Å². The number of carboxylic acid groups (broad SMARTS) is 1. The van der Waals surface area contributed by atoms with Crippen molar-refractivity contribution in [1.82, 2.24) is 10.6 Å². The molecule has 18 heavy (non-hydrogen) atoms. The lowest BCUT2D eigenvalue weighted by Gasteiger charge is -2.25.